The molecule has 0 fully saturated rings. The van der Waals surface area contributed by atoms with Crippen LogP contribution in [0.1, 0.15) is 16.1 Å². The zero-order chi connectivity index (χ0) is 21.1. The lowest BCUT2D eigenvalue weighted by Gasteiger charge is -2.07. The van der Waals surface area contributed by atoms with Crippen LogP contribution in [0.2, 0.25) is 0 Å². The van der Waals surface area contributed by atoms with Gasteiger partial charge in [0.05, 0.1) is 26.3 Å². The van der Waals surface area contributed by atoms with Gasteiger partial charge in [0, 0.05) is 28.7 Å². The maximum atomic E-state index is 12.5. The highest BCUT2D eigenvalue weighted by atomic mass is 16.5. The average molecular weight is 405 g/mol. The number of ketones is 1. The molecule has 1 amide bonds. The SMILES string of the molecule is COc1ccc(-c2cc(CNC(=O)C(=O)c3c[nH]c4ccccc34)no2)cc1OC. The minimum Gasteiger partial charge on any atom is -0.493 e. The number of ether oxygens (including phenoxy) is 2. The number of Topliss-reactive ketones (excluding diaryl/α,β-unsaturated/α-hetero) is 1. The monoisotopic (exact) mass is 405 g/mol. The van der Waals surface area contributed by atoms with E-state index < -0.39 is 11.7 Å². The number of nitrogens with zero attached hydrogens (tertiary/aromatic N) is 1. The number of H-pyrrole nitrogens is 1. The third kappa shape index (κ3) is 3.62. The number of rotatable bonds is 7. The van der Waals surface area contributed by atoms with E-state index in [0.717, 1.165) is 11.1 Å². The summed E-state index contributed by atoms with van der Waals surface area (Å²) in [5, 5.41) is 7.25. The molecule has 0 spiro atoms. The van der Waals surface area contributed by atoms with Crippen molar-refractivity contribution >= 4 is 22.6 Å². The van der Waals surface area contributed by atoms with E-state index in [2.05, 4.69) is 15.5 Å². The Balaban J connectivity index is 1.44. The van der Waals surface area contributed by atoms with E-state index in [1.165, 1.54) is 6.20 Å². The van der Waals surface area contributed by atoms with Gasteiger partial charge in [0.1, 0.15) is 5.69 Å². The first-order chi connectivity index (χ1) is 14.6. The highest BCUT2D eigenvalue weighted by molar-refractivity contribution is 6.44. The van der Waals surface area contributed by atoms with Gasteiger partial charge in [0.15, 0.2) is 17.3 Å². The Kier molecular flexibility index (Phi) is 5.21. The van der Waals surface area contributed by atoms with Gasteiger partial charge in [-0.05, 0) is 24.3 Å². The fraction of sp³-hybridized carbons (Fsp3) is 0.136. The summed E-state index contributed by atoms with van der Waals surface area (Å²) in [7, 11) is 3.11. The van der Waals surface area contributed by atoms with Crippen molar-refractivity contribution in [2.75, 3.05) is 14.2 Å². The summed E-state index contributed by atoms with van der Waals surface area (Å²) in [6.07, 6.45) is 1.54. The highest BCUT2D eigenvalue weighted by Gasteiger charge is 2.20. The minimum atomic E-state index is -0.713. The summed E-state index contributed by atoms with van der Waals surface area (Å²) in [6, 6.07) is 14.3. The molecule has 2 aromatic heterocycles. The lowest BCUT2D eigenvalue weighted by atomic mass is 10.1. The lowest BCUT2D eigenvalue weighted by Crippen LogP contribution is -2.30. The molecule has 0 atom stereocenters. The number of aromatic nitrogens is 2. The Morgan fingerprint density at radius 1 is 1.07 bits per heavy atom. The molecule has 4 rings (SSSR count). The summed E-state index contributed by atoms with van der Waals surface area (Å²) in [5.74, 6) is 0.337. The molecule has 0 aliphatic carbocycles. The van der Waals surface area contributed by atoms with Crippen molar-refractivity contribution in [1.82, 2.24) is 15.5 Å². The van der Waals surface area contributed by atoms with Crippen LogP contribution < -0.4 is 14.8 Å². The largest absolute Gasteiger partial charge is 0.493 e. The fourth-order valence-electron chi connectivity index (χ4n) is 3.15. The van der Waals surface area contributed by atoms with Crippen molar-refractivity contribution in [3.8, 4) is 22.8 Å². The second-order valence-electron chi connectivity index (χ2n) is 6.51. The van der Waals surface area contributed by atoms with Crippen LogP contribution in [-0.2, 0) is 11.3 Å². The number of fused-ring (bicyclic) bond motifs is 1. The predicted molar refractivity (Wildman–Crippen MR) is 110 cm³/mol. The molecule has 30 heavy (non-hydrogen) atoms. The molecule has 0 bridgehead atoms. The van der Waals surface area contributed by atoms with Gasteiger partial charge in [-0.15, -0.1) is 0 Å². The van der Waals surface area contributed by atoms with Crippen molar-refractivity contribution in [2.24, 2.45) is 0 Å². The van der Waals surface area contributed by atoms with Gasteiger partial charge in [0.25, 0.3) is 11.7 Å². The first-order valence-corrected chi connectivity index (χ1v) is 9.17. The smallest absolute Gasteiger partial charge is 0.292 e. The Bertz CT molecular complexity index is 1220. The molecule has 0 saturated heterocycles. The number of amides is 1. The van der Waals surface area contributed by atoms with E-state index in [1.54, 1.807) is 38.5 Å². The van der Waals surface area contributed by atoms with Gasteiger partial charge in [0.2, 0.25) is 0 Å². The quantitative estimate of drug-likeness (QED) is 0.361. The number of hydrogen-bond donors (Lipinski definition) is 2. The van der Waals surface area contributed by atoms with E-state index in [9.17, 15) is 9.59 Å². The molecule has 8 heteroatoms. The summed E-state index contributed by atoms with van der Waals surface area (Å²) in [4.78, 5) is 27.8. The number of para-hydroxylation sites is 1. The van der Waals surface area contributed by atoms with Gasteiger partial charge < -0.3 is 24.3 Å². The number of carbonyl (C=O) groups is 2. The minimum absolute atomic E-state index is 0.0592. The number of benzene rings is 2. The van der Waals surface area contributed by atoms with Crippen LogP contribution in [0.25, 0.3) is 22.2 Å². The van der Waals surface area contributed by atoms with Crippen molar-refractivity contribution in [2.45, 2.75) is 6.54 Å². The first-order valence-electron chi connectivity index (χ1n) is 9.17. The van der Waals surface area contributed by atoms with Crippen LogP contribution in [0.4, 0.5) is 0 Å². The number of hydrogen-bond acceptors (Lipinski definition) is 6. The van der Waals surface area contributed by atoms with Gasteiger partial charge in [-0.3, -0.25) is 9.59 Å². The van der Waals surface area contributed by atoms with Crippen LogP contribution in [0.3, 0.4) is 0 Å². The Labute approximate surface area is 171 Å². The number of carbonyl (C=O) groups excluding carboxylic acids is 2. The fourth-order valence-corrected chi connectivity index (χ4v) is 3.15. The average Bonchev–Trinajstić information content (AvgIpc) is 3.43. The topological polar surface area (TPSA) is 106 Å². The third-order valence-corrected chi connectivity index (χ3v) is 4.70. The Morgan fingerprint density at radius 2 is 1.87 bits per heavy atom. The lowest BCUT2D eigenvalue weighted by molar-refractivity contribution is -0.117. The van der Waals surface area contributed by atoms with Crippen molar-refractivity contribution in [3.05, 3.63) is 66.0 Å². The number of aromatic amines is 1. The van der Waals surface area contributed by atoms with E-state index >= 15 is 0 Å². The summed E-state index contributed by atoms with van der Waals surface area (Å²) in [6.45, 7) is 0.0592. The molecule has 0 aliphatic heterocycles. The van der Waals surface area contributed by atoms with Gasteiger partial charge in [-0.2, -0.15) is 0 Å². The molecule has 0 aliphatic rings. The number of methoxy groups -OCH3 is 2. The molecular weight excluding hydrogens is 386 g/mol. The van der Waals surface area contributed by atoms with Crippen molar-refractivity contribution in [1.29, 1.82) is 0 Å². The maximum absolute atomic E-state index is 12.5. The van der Waals surface area contributed by atoms with E-state index in [-0.39, 0.29) is 6.54 Å². The molecule has 2 aromatic carbocycles. The Morgan fingerprint density at radius 3 is 2.67 bits per heavy atom. The van der Waals surface area contributed by atoms with Crippen LogP contribution in [-0.4, -0.2) is 36.1 Å². The summed E-state index contributed by atoms with van der Waals surface area (Å²) in [5.41, 5.74) is 2.35. The molecular formula is C22H19N3O5. The van der Waals surface area contributed by atoms with Crippen molar-refractivity contribution < 1.29 is 23.6 Å². The van der Waals surface area contributed by atoms with Gasteiger partial charge >= 0.3 is 0 Å². The molecule has 8 nitrogen and oxygen atoms in total. The van der Waals surface area contributed by atoms with Crippen LogP contribution >= 0.6 is 0 Å². The van der Waals surface area contributed by atoms with Crippen LogP contribution in [0.15, 0.2) is 59.3 Å². The zero-order valence-corrected chi connectivity index (χ0v) is 16.4. The molecule has 4 aromatic rings. The van der Waals surface area contributed by atoms with Gasteiger partial charge in [-0.1, -0.05) is 23.4 Å². The Hall–Kier alpha value is -4.07. The zero-order valence-electron chi connectivity index (χ0n) is 16.4. The maximum Gasteiger partial charge on any atom is 0.292 e. The standard InChI is InChI=1S/C22H19N3O5/c1-28-18-8-7-13(9-20(18)29-2)19-10-14(25-30-19)11-24-22(27)21(26)16-12-23-17-6-4-3-5-15(16)17/h3-10,12,23H,11H2,1-2H3,(H,24,27). The highest BCUT2D eigenvalue weighted by Crippen LogP contribution is 2.32. The first kappa shape index (κ1) is 19.3. The van der Waals surface area contributed by atoms with E-state index in [0.29, 0.717) is 33.9 Å². The molecule has 0 unspecified atom stereocenters. The van der Waals surface area contributed by atoms with Crippen molar-refractivity contribution in [3.63, 3.8) is 0 Å². The van der Waals surface area contributed by atoms with Crippen LogP contribution in [0.5, 0.6) is 11.5 Å². The van der Waals surface area contributed by atoms with Crippen LogP contribution in [0, 0.1) is 0 Å². The normalized spacial score (nSPS) is 10.7. The second kappa shape index (κ2) is 8.12. The molecule has 0 radical (unpaired) electrons. The summed E-state index contributed by atoms with van der Waals surface area (Å²) < 4.78 is 15.9. The third-order valence-electron chi connectivity index (χ3n) is 4.70. The predicted octanol–water partition coefficient (Wildman–Crippen LogP) is 3.34. The molecule has 0 saturated carbocycles. The second-order valence-corrected chi connectivity index (χ2v) is 6.51. The van der Waals surface area contributed by atoms with E-state index in [1.807, 2.05) is 24.3 Å². The van der Waals surface area contributed by atoms with E-state index in [4.69, 9.17) is 14.0 Å². The molecule has 152 valence electrons. The van der Waals surface area contributed by atoms with Gasteiger partial charge in [-0.25, -0.2) is 0 Å². The number of nitrogens with one attached hydrogen (secondary N) is 2. The molecule has 2 N–H and O–H groups in total. The molecule has 2 heterocycles. The summed E-state index contributed by atoms with van der Waals surface area (Å²) >= 11 is 0.